The van der Waals surface area contributed by atoms with Gasteiger partial charge in [-0.15, -0.1) is 12.4 Å². The highest BCUT2D eigenvalue weighted by atomic mass is 35.5. The van der Waals surface area contributed by atoms with Gasteiger partial charge < -0.3 is 19.9 Å². The summed E-state index contributed by atoms with van der Waals surface area (Å²) >= 11 is 6.31. The van der Waals surface area contributed by atoms with Crippen molar-refractivity contribution in [3.63, 3.8) is 0 Å². The van der Waals surface area contributed by atoms with E-state index in [4.69, 9.17) is 21.3 Å². The molecule has 1 aromatic heterocycles. The van der Waals surface area contributed by atoms with Crippen LogP contribution in [0.3, 0.4) is 0 Å². The smallest absolute Gasteiger partial charge is 0.229 e. The van der Waals surface area contributed by atoms with Crippen molar-refractivity contribution in [2.24, 2.45) is 0 Å². The maximum atomic E-state index is 6.31. The number of ether oxygens (including phenoxy) is 1. The molecule has 1 N–H and O–H groups in total. The van der Waals surface area contributed by atoms with Crippen LogP contribution in [0.1, 0.15) is 25.7 Å². The van der Waals surface area contributed by atoms with E-state index in [1.165, 1.54) is 25.7 Å². The third kappa shape index (κ3) is 4.31. The topological polar surface area (TPSA) is 53.5 Å². The second-order valence-electron chi connectivity index (χ2n) is 6.11. The van der Waals surface area contributed by atoms with Gasteiger partial charge in [-0.25, -0.2) is 0 Å². The highest BCUT2D eigenvalue weighted by Crippen LogP contribution is 2.34. The molecule has 0 atom stereocenters. The molecule has 0 amide bonds. The molecule has 1 aliphatic heterocycles. The van der Waals surface area contributed by atoms with Gasteiger partial charge in [0.1, 0.15) is 0 Å². The van der Waals surface area contributed by atoms with E-state index in [0.29, 0.717) is 22.9 Å². The summed E-state index contributed by atoms with van der Waals surface area (Å²) in [6.07, 6.45) is 4.89. The Balaban J connectivity index is 0.00000192. The predicted molar refractivity (Wildman–Crippen MR) is 96.4 cm³/mol. The van der Waals surface area contributed by atoms with Crippen molar-refractivity contribution in [3.05, 3.63) is 5.15 Å². The number of hydrogen-bond donors (Lipinski definition) is 1. The van der Waals surface area contributed by atoms with Gasteiger partial charge >= 0.3 is 0 Å². The van der Waals surface area contributed by atoms with Crippen LogP contribution in [0.15, 0.2) is 0 Å². The van der Waals surface area contributed by atoms with Crippen molar-refractivity contribution in [1.29, 1.82) is 0 Å². The first-order valence-electron chi connectivity index (χ1n) is 7.99. The number of hydrogen-bond acceptors (Lipinski definition) is 6. The molecule has 1 saturated heterocycles. The molecule has 23 heavy (non-hydrogen) atoms. The lowest BCUT2D eigenvalue weighted by Crippen LogP contribution is -2.45. The van der Waals surface area contributed by atoms with Crippen molar-refractivity contribution < 1.29 is 4.74 Å². The quantitative estimate of drug-likeness (QED) is 0.832. The summed E-state index contributed by atoms with van der Waals surface area (Å²) in [6, 6.07) is 0.459. The summed E-state index contributed by atoms with van der Waals surface area (Å²) < 4.78 is 5.40. The number of methoxy groups -OCH3 is 1. The molecule has 0 bridgehead atoms. The minimum absolute atomic E-state index is 0. The Morgan fingerprint density at radius 3 is 2.39 bits per heavy atom. The Morgan fingerprint density at radius 2 is 1.78 bits per heavy atom. The lowest BCUT2D eigenvalue weighted by Gasteiger charge is -2.32. The molecule has 2 aliphatic rings. The maximum absolute atomic E-state index is 6.31. The van der Waals surface area contributed by atoms with Crippen molar-refractivity contribution >= 4 is 35.8 Å². The third-order valence-electron chi connectivity index (χ3n) is 4.50. The highest BCUT2D eigenvalue weighted by Gasteiger charge is 2.23. The van der Waals surface area contributed by atoms with Gasteiger partial charge in [-0.05, 0) is 19.9 Å². The van der Waals surface area contributed by atoms with E-state index in [0.717, 1.165) is 32.0 Å². The predicted octanol–water partition coefficient (Wildman–Crippen LogP) is 2.67. The molecule has 1 saturated carbocycles. The average molecular weight is 362 g/mol. The summed E-state index contributed by atoms with van der Waals surface area (Å²) in [7, 11) is 3.74. The van der Waals surface area contributed by atoms with Crippen molar-refractivity contribution in [1.82, 2.24) is 14.9 Å². The second-order valence-corrected chi connectivity index (χ2v) is 6.47. The summed E-state index contributed by atoms with van der Waals surface area (Å²) in [5.41, 5.74) is 0. The summed E-state index contributed by atoms with van der Waals surface area (Å²) in [5, 5.41) is 3.87. The lowest BCUT2D eigenvalue weighted by molar-refractivity contribution is 0.311. The standard InChI is InChI=1S/C15H24ClN5O.ClH/c1-20-7-9-21(10-8-20)15-18-13(16)12(22-2)14(19-15)17-11-5-3-4-6-11;/h11H,3-10H2,1-2H3,(H,17,18,19);1H. The summed E-state index contributed by atoms with van der Waals surface area (Å²) in [6.45, 7) is 3.86. The van der Waals surface area contributed by atoms with Crippen LogP contribution in [0.5, 0.6) is 5.75 Å². The van der Waals surface area contributed by atoms with E-state index in [9.17, 15) is 0 Å². The van der Waals surface area contributed by atoms with Crippen LogP contribution in [0.4, 0.5) is 11.8 Å². The third-order valence-corrected chi connectivity index (χ3v) is 4.75. The van der Waals surface area contributed by atoms with Crippen LogP contribution < -0.4 is 15.0 Å². The Hall–Kier alpha value is -0.980. The number of likely N-dealkylation sites (N-methyl/N-ethyl adjacent to an activating group) is 1. The van der Waals surface area contributed by atoms with Crippen LogP contribution >= 0.6 is 24.0 Å². The molecular formula is C15H25Cl2N5O. The molecule has 8 heteroatoms. The van der Waals surface area contributed by atoms with E-state index >= 15 is 0 Å². The summed E-state index contributed by atoms with van der Waals surface area (Å²) in [5.74, 6) is 1.97. The number of aromatic nitrogens is 2. The van der Waals surface area contributed by atoms with Crippen LogP contribution in [0.2, 0.25) is 5.15 Å². The average Bonchev–Trinajstić information content (AvgIpc) is 3.01. The largest absolute Gasteiger partial charge is 0.490 e. The van der Waals surface area contributed by atoms with Gasteiger partial charge in [0, 0.05) is 32.2 Å². The van der Waals surface area contributed by atoms with E-state index in [2.05, 4.69) is 27.1 Å². The minimum atomic E-state index is 0. The first-order chi connectivity index (χ1) is 10.7. The zero-order chi connectivity index (χ0) is 15.5. The SMILES string of the molecule is COc1c(Cl)nc(N2CCN(C)CC2)nc1NC1CCCC1.Cl. The molecule has 2 heterocycles. The zero-order valence-corrected chi connectivity index (χ0v) is 15.3. The van der Waals surface area contributed by atoms with E-state index in [1.807, 2.05) is 0 Å². The highest BCUT2D eigenvalue weighted by molar-refractivity contribution is 6.31. The fraction of sp³-hybridized carbons (Fsp3) is 0.733. The molecule has 0 unspecified atom stereocenters. The number of anilines is 2. The lowest BCUT2D eigenvalue weighted by atomic mass is 10.2. The second kappa shape index (κ2) is 8.22. The van der Waals surface area contributed by atoms with Crippen LogP contribution in [-0.4, -0.2) is 61.2 Å². The normalized spacial score (nSPS) is 19.5. The maximum Gasteiger partial charge on any atom is 0.229 e. The molecule has 1 aromatic rings. The molecule has 0 radical (unpaired) electrons. The summed E-state index contributed by atoms with van der Waals surface area (Å²) in [4.78, 5) is 13.6. The van der Waals surface area contributed by atoms with Gasteiger partial charge in [0.2, 0.25) is 5.95 Å². The monoisotopic (exact) mass is 361 g/mol. The van der Waals surface area contributed by atoms with E-state index < -0.39 is 0 Å². The van der Waals surface area contributed by atoms with Crippen LogP contribution in [0.25, 0.3) is 0 Å². The first-order valence-corrected chi connectivity index (χ1v) is 8.36. The molecule has 2 fully saturated rings. The Bertz CT molecular complexity index is 517. The van der Waals surface area contributed by atoms with E-state index in [1.54, 1.807) is 7.11 Å². The molecular weight excluding hydrogens is 337 g/mol. The fourth-order valence-electron chi connectivity index (χ4n) is 3.10. The van der Waals surface area contributed by atoms with Gasteiger partial charge in [0.05, 0.1) is 7.11 Å². The van der Waals surface area contributed by atoms with Gasteiger partial charge in [-0.3, -0.25) is 0 Å². The van der Waals surface area contributed by atoms with Gasteiger partial charge in [0.15, 0.2) is 16.7 Å². The molecule has 0 aromatic carbocycles. The molecule has 1 aliphatic carbocycles. The Kier molecular flexibility index (Phi) is 6.56. The molecule has 130 valence electrons. The molecule has 6 nitrogen and oxygen atoms in total. The minimum Gasteiger partial charge on any atom is -0.490 e. The van der Waals surface area contributed by atoms with Crippen LogP contribution in [-0.2, 0) is 0 Å². The van der Waals surface area contributed by atoms with Gasteiger partial charge in [0.25, 0.3) is 0 Å². The first kappa shape index (κ1) is 18.4. The van der Waals surface area contributed by atoms with Crippen molar-refractivity contribution in [2.75, 3.05) is 50.6 Å². The number of nitrogens with one attached hydrogen (secondary N) is 1. The Morgan fingerprint density at radius 1 is 1.13 bits per heavy atom. The number of rotatable bonds is 4. The van der Waals surface area contributed by atoms with E-state index in [-0.39, 0.29) is 12.4 Å². The van der Waals surface area contributed by atoms with Gasteiger partial charge in [-0.2, -0.15) is 9.97 Å². The number of halogens is 2. The van der Waals surface area contributed by atoms with Crippen molar-refractivity contribution in [3.8, 4) is 5.75 Å². The number of piperazine rings is 1. The molecule has 0 spiro atoms. The Labute approximate surface area is 149 Å². The fourth-order valence-corrected chi connectivity index (χ4v) is 3.34. The van der Waals surface area contributed by atoms with Gasteiger partial charge in [-0.1, -0.05) is 24.4 Å². The van der Waals surface area contributed by atoms with Crippen molar-refractivity contribution in [2.45, 2.75) is 31.7 Å². The van der Waals surface area contributed by atoms with Crippen LogP contribution in [0, 0.1) is 0 Å². The zero-order valence-electron chi connectivity index (χ0n) is 13.7. The molecule has 3 rings (SSSR count). The number of nitrogens with zero attached hydrogens (tertiary/aromatic N) is 4.